The first-order chi connectivity index (χ1) is 12.4. The summed E-state index contributed by atoms with van der Waals surface area (Å²) in [7, 11) is 0. The molecule has 0 N–H and O–H groups in total. The highest BCUT2D eigenvalue weighted by Crippen LogP contribution is 2.45. The predicted octanol–water partition coefficient (Wildman–Crippen LogP) is 3.78. The second-order valence-corrected chi connectivity index (χ2v) is 8.48. The number of nitrogens with zero attached hydrogens (tertiary/aromatic N) is 4. The summed E-state index contributed by atoms with van der Waals surface area (Å²) in [6, 6.07) is 2.00. The molecule has 2 fully saturated rings. The molecule has 1 unspecified atom stereocenters. The minimum atomic E-state index is -0.175. The van der Waals surface area contributed by atoms with E-state index in [1.165, 1.54) is 18.4 Å². The van der Waals surface area contributed by atoms with Crippen LogP contribution in [0.3, 0.4) is 0 Å². The molecular weight excluding hydrogens is 328 g/mol. The quantitative estimate of drug-likeness (QED) is 0.812. The van der Waals surface area contributed by atoms with Gasteiger partial charge in [-0.05, 0) is 31.7 Å². The Morgan fingerprint density at radius 1 is 1.27 bits per heavy atom. The summed E-state index contributed by atoms with van der Waals surface area (Å²) in [5.41, 5.74) is 1.77. The molecule has 0 bridgehead atoms. The van der Waals surface area contributed by atoms with Crippen LogP contribution in [0.5, 0.6) is 5.75 Å². The van der Waals surface area contributed by atoms with E-state index in [0.29, 0.717) is 23.3 Å². The molecule has 0 aromatic carbocycles. The van der Waals surface area contributed by atoms with Crippen LogP contribution in [-0.4, -0.2) is 45.8 Å². The van der Waals surface area contributed by atoms with E-state index in [1.807, 2.05) is 12.3 Å². The first kappa shape index (κ1) is 17.5. The molecule has 1 aliphatic carbocycles. The Kier molecular flexibility index (Phi) is 4.47. The lowest BCUT2D eigenvalue weighted by Gasteiger charge is -2.18. The smallest absolute Gasteiger partial charge is 0.232 e. The van der Waals surface area contributed by atoms with Crippen molar-refractivity contribution in [1.82, 2.24) is 20.0 Å². The molecule has 0 radical (unpaired) electrons. The highest BCUT2D eigenvalue weighted by atomic mass is 16.5. The molecule has 1 saturated heterocycles. The van der Waals surface area contributed by atoms with Crippen LogP contribution in [0.25, 0.3) is 11.5 Å². The van der Waals surface area contributed by atoms with Crippen molar-refractivity contribution >= 4 is 0 Å². The molecule has 6 heteroatoms. The summed E-state index contributed by atoms with van der Waals surface area (Å²) in [6.45, 7) is 11.6. The Hall–Kier alpha value is -1.95. The van der Waals surface area contributed by atoms with Crippen LogP contribution < -0.4 is 4.74 Å². The lowest BCUT2D eigenvalue weighted by molar-refractivity contribution is 0.200. The van der Waals surface area contributed by atoms with Crippen LogP contribution in [0, 0.1) is 0 Å². The predicted molar refractivity (Wildman–Crippen MR) is 99.4 cm³/mol. The van der Waals surface area contributed by atoms with Crippen LogP contribution in [-0.2, 0) is 5.41 Å². The van der Waals surface area contributed by atoms with Gasteiger partial charge in [-0.25, -0.2) is 0 Å². The Balaban J connectivity index is 1.60. The zero-order chi connectivity index (χ0) is 18.3. The van der Waals surface area contributed by atoms with Gasteiger partial charge in [0.25, 0.3) is 0 Å². The van der Waals surface area contributed by atoms with E-state index in [4.69, 9.17) is 9.26 Å². The summed E-state index contributed by atoms with van der Waals surface area (Å²) in [4.78, 5) is 11.6. The lowest BCUT2D eigenvalue weighted by Crippen LogP contribution is -2.24. The molecular formula is C20H28N4O2. The monoisotopic (exact) mass is 356 g/mol. The summed E-state index contributed by atoms with van der Waals surface area (Å²) in [5.74, 6) is 2.69. The van der Waals surface area contributed by atoms with E-state index in [1.54, 1.807) is 0 Å². The van der Waals surface area contributed by atoms with Crippen molar-refractivity contribution < 1.29 is 9.26 Å². The summed E-state index contributed by atoms with van der Waals surface area (Å²) in [5, 5.41) is 4.13. The number of pyridine rings is 1. The maximum atomic E-state index is 6.41. The van der Waals surface area contributed by atoms with E-state index in [-0.39, 0.29) is 11.5 Å². The average Bonchev–Trinajstić information content (AvgIpc) is 3.13. The molecule has 140 valence electrons. The van der Waals surface area contributed by atoms with Gasteiger partial charge in [-0.15, -0.1) is 0 Å². The Labute approximate surface area is 154 Å². The number of likely N-dealkylation sites (N-methyl/N-ethyl adjacent to an activating group) is 1. The zero-order valence-corrected chi connectivity index (χ0v) is 16.2. The van der Waals surface area contributed by atoms with E-state index in [2.05, 4.69) is 47.7 Å². The second-order valence-electron chi connectivity index (χ2n) is 8.48. The molecule has 2 aromatic heterocycles. The molecule has 1 aliphatic heterocycles. The number of hydrogen-bond acceptors (Lipinski definition) is 6. The largest absolute Gasteiger partial charge is 0.489 e. The van der Waals surface area contributed by atoms with E-state index in [9.17, 15) is 0 Å². The molecule has 6 nitrogen and oxygen atoms in total. The lowest BCUT2D eigenvalue weighted by atomic mass is 9.97. The molecule has 3 heterocycles. The Bertz CT molecular complexity index is 776. The fourth-order valence-electron chi connectivity index (χ4n) is 3.37. The number of likely N-dealkylation sites (tertiary alicyclic amines) is 1. The van der Waals surface area contributed by atoms with Gasteiger partial charge in [0.1, 0.15) is 17.5 Å². The van der Waals surface area contributed by atoms with Gasteiger partial charge >= 0.3 is 0 Å². The molecule has 1 atom stereocenters. The first-order valence-corrected chi connectivity index (χ1v) is 9.67. The van der Waals surface area contributed by atoms with Gasteiger partial charge in [0, 0.05) is 36.3 Å². The third-order valence-electron chi connectivity index (χ3n) is 5.18. The van der Waals surface area contributed by atoms with Crippen LogP contribution in [0.1, 0.15) is 64.3 Å². The molecule has 4 rings (SSSR count). The van der Waals surface area contributed by atoms with Crippen LogP contribution in [0.15, 0.2) is 16.8 Å². The van der Waals surface area contributed by atoms with Crippen molar-refractivity contribution in [3.8, 4) is 17.3 Å². The SMILES string of the molecule is CCN1CCC(Oc2cc(-c3noc(C(C)(C)C)n3)ncc2C2CC2)C1. The maximum Gasteiger partial charge on any atom is 0.232 e. The third kappa shape index (κ3) is 3.61. The summed E-state index contributed by atoms with van der Waals surface area (Å²) < 4.78 is 11.8. The van der Waals surface area contributed by atoms with Crippen molar-refractivity contribution in [2.45, 2.75) is 64.4 Å². The van der Waals surface area contributed by atoms with Gasteiger partial charge in [0.2, 0.25) is 11.7 Å². The summed E-state index contributed by atoms with van der Waals surface area (Å²) >= 11 is 0. The first-order valence-electron chi connectivity index (χ1n) is 9.67. The second kappa shape index (κ2) is 6.65. The van der Waals surface area contributed by atoms with Crippen LogP contribution in [0.4, 0.5) is 0 Å². The molecule has 0 spiro atoms. The fourth-order valence-corrected chi connectivity index (χ4v) is 3.37. The van der Waals surface area contributed by atoms with Gasteiger partial charge in [0.05, 0.1) is 0 Å². The summed E-state index contributed by atoms with van der Waals surface area (Å²) in [6.07, 6.45) is 5.71. The standard InChI is InChI=1S/C20H28N4O2/c1-5-24-9-8-14(12-24)25-17-10-16(21-11-15(17)13-6-7-13)18-22-19(26-23-18)20(2,3)4/h10-11,13-14H,5-9,12H2,1-4H3. The minimum Gasteiger partial charge on any atom is -0.489 e. The minimum absolute atomic E-state index is 0.175. The van der Waals surface area contributed by atoms with Crippen molar-refractivity contribution in [1.29, 1.82) is 0 Å². The van der Waals surface area contributed by atoms with Gasteiger partial charge in [-0.1, -0.05) is 32.9 Å². The maximum absolute atomic E-state index is 6.41. The van der Waals surface area contributed by atoms with E-state index < -0.39 is 0 Å². The van der Waals surface area contributed by atoms with E-state index >= 15 is 0 Å². The highest BCUT2D eigenvalue weighted by molar-refractivity contribution is 5.54. The van der Waals surface area contributed by atoms with Crippen molar-refractivity contribution in [2.75, 3.05) is 19.6 Å². The van der Waals surface area contributed by atoms with Gasteiger partial charge in [-0.3, -0.25) is 9.88 Å². The Morgan fingerprint density at radius 3 is 2.69 bits per heavy atom. The molecule has 2 aliphatic rings. The molecule has 0 amide bonds. The van der Waals surface area contributed by atoms with Gasteiger partial charge < -0.3 is 9.26 Å². The number of ether oxygens (including phenoxy) is 1. The highest BCUT2D eigenvalue weighted by Gasteiger charge is 2.31. The number of rotatable bonds is 5. The Morgan fingerprint density at radius 2 is 2.08 bits per heavy atom. The van der Waals surface area contributed by atoms with Crippen LogP contribution in [0.2, 0.25) is 0 Å². The van der Waals surface area contributed by atoms with Crippen LogP contribution >= 0.6 is 0 Å². The number of aromatic nitrogens is 3. The normalized spacial score (nSPS) is 21.3. The zero-order valence-electron chi connectivity index (χ0n) is 16.2. The van der Waals surface area contributed by atoms with Crippen molar-refractivity contribution in [3.05, 3.63) is 23.7 Å². The number of hydrogen-bond donors (Lipinski definition) is 0. The van der Waals surface area contributed by atoms with Gasteiger partial charge in [0.15, 0.2) is 0 Å². The molecule has 1 saturated carbocycles. The topological polar surface area (TPSA) is 64.3 Å². The molecule has 26 heavy (non-hydrogen) atoms. The molecule has 2 aromatic rings. The van der Waals surface area contributed by atoms with Gasteiger partial charge in [-0.2, -0.15) is 4.98 Å². The van der Waals surface area contributed by atoms with Crippen molar-refractivity contribution in [3.63, 3.8) is 0 Å². The van der Waals surface area contributed by atoms with Crippen molar-refractivity contribution in [2.24, 2.45) is 0 Å². The van der Waals surface area contributed by atoms with E-state index in [0.717, 1.165) is 31.8 Å². The fraction of sp³-hybridized carbons (Fsp3) is 0.650. The third-order valence-corrected chi connectivity index (χ3v) is 5.18. The average molecular weight is 356 g/mol.